The zero-order valence-corrected chi connectivity index (χ0v) is 14.0. The highest BCUT2D eigenvalue weighted by Gasteiger charge is 2.10. The predicted octanol–water partition coefficient (Wildman–Crippen LogP) is 3.24. The molecule has 6 nitrogen and oxygen atoms in total. The van der Waals surface area contributed by atoms with Crippen molar-refractivity contribution >= 4 is 29.0 Å². The summed E-state index contributed by atoms with van der Waals surface area (Å²) in [6.07, 6.45) is 4.83. The average Bonchev–Trinajstić information content (AvgIpc) is 3.03. The molecule has 0 saturated carbocycles. The minimum absolute atomic E-state index is 0.244. The fourth-order valence-corrected chi connectivity index (χ4v) is 2.37. The zero-order valence-electron chi connectivity index (χ0n) is 13.3. The Labute approximate surface area is 144 Å². The summed E-state index contributed by atoms with van der Waals surface area (Å²) in [7, 11) is 3.79. The Kier molecular flexibility index (Phi) is 4.48. The molecule has 1 amide bonds. The number of nitrogens with one attached hydrogen (secondary N) is 1. The Morgan fingerprint density at radius 3 is 2.62 bits per heavy atom. The van der Waals surface area contributed by atoms with Gasteiger partial charge in [0.25, 0.3) is 5.91 Å². The minimum atomic E-state index is -0.244. The maximum atomic E-state index is 12.3. The standard InChI is InChI=1S/C17H16ClN5O/c1-22(2)16-8-7-12(9-19-16)17(24)21-13-10-20-23(11-13)15-6-4-3-5-14(15)18/h3-11H,1-2H3,(H,21,24). The van der Waals surface area contributed by atoms with E-state index in [0.717, 1.165) is 11.5 Å². The molecule has 0 bridgehead atoms. The summed E-state index contributed by atoms with van der Waals surface area (Å²) < 4.78 is 1.62. The van der Waals surface area contributed by atoms with Gasteiger partial charge >= 0.3 is 0 Å². The van der Waals surface area contributed by atoms with Crippen LogP contribution in [0.3, 0.4) is 0 Å². The van der Waals surface area contributed by atoms with Crippen LogP contribution >= 0.6 is 11.6 Å². The van der Waals surface area contributed by atoms with Gasteiger partial charge in [-0.2, -0.15) is 5.10 Å². The molecule has 0 atom stereocenters. The quantitative estimate of drug-likeness (QED) is 0.791. The Balaban J connectivity index is 1.75. The summed E-state index contributed by atoms with van der Waals surface area (Å²) in [5.74, 6) is 0.546. The van der Waals surface area contributed by atoms with E-state index in [0.29, 0.717) is 16.3 Å². The number of rotatable bonds is 4. The smallest absolute Gasteiger partial charge is 0.257 e. The number of amides is 1. The first-order valence-electron chi connectivity index (χ1n) is 7.29. The first-order chi connectivity index (χ1) is 11.5. The lowest BCUT2D eigenvalue weighted by molar-refractivity contribution is 0.102. The number of benzene rings is 1. The molecule has 3 rings (SSSR count). The summed E-state index contributed by atoms with van der Waals surface area (Å²) in [5, 5.41) is 7.61. The number of anilines is 2. The molecule has 0 aliphatic rings. The van der Waals surface area contributed by atoms with Gasteiger partial charge in [-0.15, -0.1) is 0 Å². The Bertz CT molecular complexity index is 857. The van der Waals surface area contributed by atoms with Crippen molar-refractivity contribution in [3.63, 3.8) is 0 Å². The third-order valence-electron chi connectivity index (χ3n) is 3.41. The van der Waals surface area contributed by atoms with Crippen LogP contribution in [0.1, 0.15) is 10.4 Å². The first-order valence-corrected chi connectivity index (χ1v) is 7.66. The second-order valence-electron chi connectivity index (χ2n) is 5.38. The molecule has 0 aliphatic carbocycles. The van der Waals surface area contributed by atoms with Gasteiger partial charge in [0.05, 0.1) is 34.4 Å². The summed E-state index contributed by atoms with van der Waals surface area (Å²) in [6.45, 7) is 0. The molecule has 0 radical (unpaired) electrons. The van der Waals surface area contributed by atoms with E-state index in [-0.39, 0.29) is 5.91 Å². The van der Waals surface area contributed by atoms with Crippen LogP contribution in [-0.2, 0) is 0 Å². The lowest BCUT2D eigenvalue weighted by Crippen LogP contribution is -2.14. The lowest BCUT2D eigenvalue weighted by Gasteiger charge is -2.11. The Morgan fingerprint density at radius 2 is 1.96 bits per heavy atom. The van der Waals surface area contributed by atoms with E-state index in [1.807, 2.05) is 37.2 Å². The van der Waals surface area contributed by atoms with E-state index in [4.69, 9.17) is 11.6 Å². The van der Waals surface area contributed by atoms with Gasteiger partial charge in [-0.1, -0.05) is 23.7 Å². The van der Waals surface area contributed by atoms with Gasteiger partial charge in [0.15, 0.2) is 0 Å². The maximum absolute atomic E-state index is 12.3. The van der Waals surface area contributed by atoms with Crippen LogP contribution in [0, 0.1) is 0 Å². The SMILES string of the molecule is CN(C)c1ccc(C(=O)Nc2cnn(-c3ccccc3Cl)c2)cn1. The van der Waals surface area contributed by atoms with E-state index in [1.54, 1.807) is 41.5 Å². The van der Waals surface area contributed by atoms with Crippen LogP contribution in [0.15, 0.2) is 55.0 Å². The predicted molar refractivity (Wildman–Crippen MR) is 95.1 cm³/mol. The van der Waals surface area contributed by atoms with Gasteiger partial charge in [0.1, 0.15) is 5.82 Å². The van der Waals surface area contributed by atoms with Crippen molar-refractivity contribution in [2.24, 2.45) is 0 Å². The van der Waals surface area contributed by atoms with Gasteiger partial charge < -0.3 is 10.2 Å². The molecule has 3 aromatic rings. The second-order valence-corrected chi connectivity index (χ2v) is 5.79. The number of hydrogen-bond donors (Lipinski definition) is 1. The minimum Gasteiger partial charge on any atom is -0.363 e. The molecule has 0 saturated heterocycles. The molecule has 24 heavy (non-hydrogen) atoms. The summed E-state index contributed by atoms with van der Waals surface area (Å²) in [4.78, 5) is 18.4. The highest BCUT2D eigenvalue weighted by molar-refractivity contribution is 6.32. The van der Waals surface area contributed by atoms with Crippen molar-refractivity contribution in [3.8, 4) is 5.69 Å². The Morgan fingerprint density at radius 1 is 1.17 bits per heavy atom. The van der Waals surface area contributed by atoms with E-state index < -0.39 is 0 Å². The van der Waals surface area contributed by atoms with E-state index in [2.05, 4.69) is 15.4 Å². The molecule has 0 unspecified atom stereocenters. The number of carbonyl (C=O) groups excluding carboxylic acids is 1. The number of carbonyl (C=O) groups is 1. The van der Waals surface area contributed by atoms with Crippen LogP contribution in [0.4, 0.5) is 11.5 Å². The number of hydrogen-bond acceptors (Lipinski definition) is 4. The molecule has 1 N–H and O–H groups in total. The van der Waals surface area contributed by atoms with E-state index >= 15 is 0 Å². The number of halogens is 1. The third kappa shape index (κ3) is 3.38. The molecule has 0 spiro atoms. The molecular weight excluding hydrogens is 326 g/mol. The summed E-state index contributed by atoms with van der Waals surface area (Å²) >= 11 is 6.15. The number of pyridine rings is 1. The first kappa shape index (κ1) is 16.0. The van der Waals surface area contributed by atoms with Gasteiger partial charge in [0, 0.05) is 20.3 Å². The van der Waals surface area contributed by atoms with Crippen molar-refractivity contribution in [1.82, 2.24) is 14.8 Å². The van der Waals surface area contributed by atoms with Gasteiger partial charge in [-0.25, -0.2) is 9.67 Å². The lowest BCUT2D eigenvalue weighted by atomic mass is 10.2. The van der Waals surface area contributed by atoms with Crippen LogP contribution in [0.5, 0.6) is 0 Å². The second kappa shape index (κ2) is 6.72. The van der Waals surface area contributed by atoms with Crippen molar-refractivity contribution in [2.45, 2.75) is 0 Å². The molecule has 0 aliphatic heterocycles. The van der Waals surface area contributed by atoms with Crippen LogP contribution in [-0.4, -0.2) is 34.8 Å². The summed E-state index contributed by atoms with van der Waals surface area (Å²) in [5.41, 5.74) is 1.80. The molecule has 0 fully saturated rings. The molecule has 2 heterocycles. The Hall–Kier alpha value is -2.86. The normalized spacial score (nSPS) is 10.5. The van der Waals surface area contributed by atoms with Crippen LogP contribution < -0.4 is 10.2 Å². The molecule has 122 valence electrons. The van der Waals surface area contributed by atoms with Gasteiger partial charge in [0.2, 0.25) is 0 Å². The fraction of sp³-hybridized carbons (Fsp3) is 0.118. The van der Waals surface area contributed by atoms with Crippen molar-refractivity contribution in [3.05, 3.63) is 65.6 Å². The monoisotopic (exact) mass is 341 g/mol. The van der Waals surface area contributed by atoms with Gasteiger partial charge in [-0.05, 0) is 24.3 Å². The number of aromatic nitrogens is 3. The van der Waals surface area contributed by atoms with Crippen molar-refractivity contribution in [1.29, 1.82) is 0 Å². The zero-order chi connectivity index (χ0) is 17.1. The molecular formula is C17H16ClN5O. The van der Waals surface area contributed by atoms with E-state index in [9.17, 15) is 4.79 Å². The van der Waals surface area contributed by atoms with Crippen molar-refractivity contribution in [2.75, 3.05) is 24.3 Å². The highest BCUT2D eigenvalue weighted by Crippen LogP contribution is 2.20. The molecule has 1 aromatic carbocycles. The summed E-state index contributed by atoms with van der Waals surface area (Å²) in [6, 6.07) is 10.9. The third-order valence-corrected chi connectivity index (χ3v) is 3.73. The molecule has 2 aromatic heterocycles. The number of para-hydroxylation sites is 1. The van der Waals surface area contributed by atoms with Gasteiger partial charge in [-0.3, -0.25) is 4.79 Å². The number of nitrogens with zero attached hydrogens (tertiary/aromatic N) is 4. The van der Waals surface area contributed by atoms with E-state index in [1.165, 1.54) is 0 Å². The fourth-order valence-electron chi connectivity index (χ4n) is 2.14. The van der Waals surface area contributed by atoms with Crippen LogP contribution in [0.25, 0.3) is 5.69 Å². The topological polar surface area (TPSA) is 63.1 Å². The molecule has 7 heteroatoms. The van der Waals surface area contributed by atoms with Crippen molar-refractivity contribution < 1.29 is 4.79 Å². The highest BCUT2D eigenvalue weighted by atomic mass is 35.5. The van der Waals surface area contributed by atoms with Crippen LogP contribution in [0.2, 0.25) is 5.02 Å². The largest absolute Gasteiger partial charge is 0.363 e. The average molecular weight is 342 g/mol. The maximum Gasteiger partial charge on any atom is 0.257 e.